The molecular formula is C18H17F2N5. The van der Waals surface area contributed by atoms with Gasteiger partial charge >= 0.3 is 0 Å². The Morgan fingerprint density at radius 3 is 2.28 bits per heavy atom. The minimum atomic E-state index is -0.608. The van der Waals surface area contributed by atoms with E-state index in [1.807, 2.05) is 32.0 Å². The van der Waals surface area contributed by atoms with Crippen LogP contribution in [0.25, 0.3) is 0 Å². The van der Waals surface area contributed by atoms with Gasteiger partial charge in [0.15, 0.2) is 11.6 Å². The Morgan fingerprint density at radius 2 is 1.56 bits per heavy atom. The number of hydrogen-bond acceptors (Lipinski definition) is 5. The van der Waals surface area contributed by atoms with Gasteiger partial charge in [-0.3, -0.25) is 0 Å². The minimum Gasteiger partial charge on any atom is -0.393 e. The van der Waals surface area contributed by atoms with Gasteiger partial charge in [-0.25, -0.2) is 18.7 Å². The normalized spacial score (nSPS) is 10.6. The molecule has 1 heterocycles. The number of nitrogen functional groups attached to an aromatic ring is 1. The van der Waals surface area contributed by atoms with E-state index in [1.165, 1.54) is 6.33 Å². The SMILES string of the molecule is Cc1ccc(C)c(Nc2ncnc(Nc3cc(F)ccc3F)c2N)c1. The summed E-state index contributed by atoms with van der Waals surface area (Å²) in [7, 11) is 0. The molecule has 3 rings (SSSR count). The van der Waals surface area contributed by atoms with Gasteiger partial charge in [0.1, 0.15) is 23.6 Å². The maximum atomic E-state index is 13.8. The molecule has 0 unspecified atom stereocenters. The highest BCUT2D eigenvalue weighted by Crippen LogP contribution is 2.30. The quantitative estimate of drug-likeness (QED) is 0.654. The highest BCUT2D eigenvalue weighted by molar-refractivity contribution is 5.80. The number of rotatable bonds is 4. The highest BCUT2D eigenvalue weighted by atomic mass is 19.1. The number of anilines is 5. The molecular weight excluding hydrogens is 324 g/mol. The molecule has 0 saturated carbocycles. The van der Waals surface area contributed by atoms with Gasteiger partial charge in [-0.05, 0) is 43.2 Å². The van der Waals surface area contributed by atoms with Gasteiger partial charge in [0.05, 0.1) is 5.69 Å². The Hall–Kier alpha value is -3.22. The van der Waals surface area contributed by atoms with Gasteiger partial charge < -0.3 is 16.4 Å². The van der Waals surface area contributed by atoms with E-state index < -0.39 is 11.6 Å². The molecule has 0 atom stereocenters. The first-order chi connectivity index (χ1) is 11.9. The maximum absolute atomic E-state index is 13.8. The van der Waals surface area contributed by atoms with Gasteiger partial charge in [-0.15, -0.1) is 0 Å². The summed E-state index contributed by atoms with van der Waals surface area (Å²) < 4.78 is 27.1. The van der Waals surface area contributed by atoms with Crippen LogP contribution in [-0.4, -0.2) is 9.97 Å². The number of nitrogens with one attached hydrogen (secondary N) is 2. The molecule has 0 aliphatic rings. The zero-order chi connectivity index (χ0) is 18.0. The number of hydrogen-bond donors (Lipinski definition) is 3. The van der Waals surface area contributed by atoms with Crippen LogP contribution in [0, 0.1) is 25.5 Å². The van der Waals surface area contributed by atoms with E-state index in [1.54, 1.807) is 0 Å². The van der Waals surface area contributed by atoms with E-state index in [0.717, 1.165) is 35.0 Å². The molecule has 0 radical (unpaired) electrons. The molecule has 25 heavy (non-hydrogen) atoms. The summed E-state index contributed by atoms with van der Waals surface area (Å²) in [6.07, 6.45) is 1.29. The predicted octanol–water partition coefficient (Wildman–Crippen LogP) is 4.44. The Bertz CT molecular complexity index is 856. The number of nitrogens with two attached hydrogens (primary N) is 1. The van der Waals surface area contributed by atoms with Crippen LogP contribution >= 0.6 is 0 Å². The third kappa shape index (κ3) is 3.65. The van der Waals surface area contributed by atoms with E-state index in [2.05, 4.69) is 20.6 Å². The monoisotopic (exact) mass is 341 g/mol. The molecule has 2 aromatic carbocycles. The fraction of sp³-hybridized carbons (Fsp3) is 0.111. The number of benzene rings is 2. The Kier molecular flexibility index (Phi) is 4.47. The Morgan fingerprint density at radius 1 is 0.880 bits per heavy atom. The van der Waals surface area contributed by atoms with Crippen molar-refractivity contribution in [2.75, 3.05) is 16.4 Å². The molecule has 0 aliphatic carbocycles. The number of halogens is 2. The van der Waals surface area contributed by atoms with E-state index in [0.29, 0.717) is 5.82 Å². The van der Waals surface area contributed by atoms with Crippen molar-refractivity contribution < 1.29 is 8.78 Å². The number of aromatic nitrogens is 2. The molecule has 0 bridgehead atoms. The molecule has 0 amide bonds. The van der Waals surface area contributed by atoms with Gasteiger partial charge in [0.2, 0.25) is 0 Å². The van der Waals surface area contributed by atoms with Crippen LogP contribution < -0.4 is 16.4 Å². The molecule has 4 N–H and O–H groups in total. The molecule has 1 aromatic heterocycles. The van der Waals surface area contributed by atoms with Crippen molar-refractivity contribution in [1.29, 1.82) is 0 Å². The molecule has 0 saturated heterocycles. The second-order valence-electron chi connectivity index (χ2n) is 5.68. The van der Waals surface area contributed by atoms with Crippen molar-refractivity contribution in [2.24, 2.45) is 0 Å². The standard InChI is InChI=1S/C18H17F2N5/c1-10-3-4-11(2)14(7-10)24-17-16(21)18(23-9-22-17)25-15-8-12(19)5-6-13(15)20/h3-9H,21H2,1-2H3,(H2,22,23,24,25). The summed E-state index contributed by atoms with van der Waals surface area (Å²) in [5, 5.41) is 5.85. The molecule has 5 nitrogen and oxygen atoms in total. The summed E-state index contributed by atoms with van der Waals surface area (Å²) in [5.41, 5.74) is 9.20. The van der Waals surface area contributed by atoms with Crippen molar-refractivity contribution in [3.8, 4) is 0 Å². The van der Waals surface area contributed by atoms with E-state index in [9.17, 15) is 8.78 Å². The fourth-order valence-corrected chi connectivity index (χ4v) is 2.31. The second kappa shape index (κ2) is 6.72. The summed E-state index contributed by atoms with van der Waals surface area (Å²) >= 11 is 0. The lowest BCUT2D eigenvalue weighted by atomic mass is 10.1. The summed E-state index contributed by atoms with van der Waals surface area (Å²) in [6, 6.07) is 9.06. The van der Waals surface area contributed by atoms with Crippen molar-refractivity contribution in [1.82, 2.24) is 9.97 Å². The second-order valence-corrected chi connectivity index (χ2v) is 5.68. The van der Waals surface area contributed by atoms with Crippen molar-refractivity contribution >= 4 is 28.7 Å². The van der Waals surface area contributed by atoms with Crippen molar-refractivity contribution in [3.05, 3.63) is 65.5 Å². The Labute approximate surface area is 143 Å². The summed E-state index contributed by atoms with van der Waals surface area (Å²) in [4.78, 5) is 8.14. The van der Waals surface area contributed by atoms with Gasteiger partial charge in [0, 0.05) is 11.8 Å². The van der Waals surface area contributed by atoms with E-state index in [-0.39, 0.29) is 17.2 Å². The lowest BCUT2D eigenvalue weighted by molar-refractivity contribution is 0.603. The minimum absolute atomic E-state index is 0.0527. The predicted molar refractivity (Wildman–Crippen MR) is 95.3 cm³/mol. The van der Waals surface area contributed by atoms with Crippen LogP contribution in [-0.2, 0) is 0 Å². The first-order valence-electron chi connectivity index (χ1n) is 7.61. The van der Waals surface area contributed by atoms with Gasteiger partial charge in [0.25, 0.3) is 0 Å². The molecule has 0 spiro atoms. The van der Waals surface area contributed by atoms with Gasteiger partial charge in [-0.1, -0.05) is 12.1 Å². The van der Waals surface area contributed by atoms with Crippen LogP contribution in [0.3, 0.4) is 0 Å². The van der Waals surface area contributed by atoms with Crippen LogP contribution in [0.1, 0.15) is 11.1 Å². The lowest BCUT2D eigenvalue weighted by Gasteiger charge is -2.14. The molecule has 3 aromatic rings. The number of aryl methyl sites for hydroxylation is 2. The summed E-state index contributed by atoms with van der Waals surface area (Å²) in [6.45, 7) is 3.94. The van der Waals surface area contributed by atoms with Gasteiger partial charge in [-0.2, -0.15) is 0 Å². The summed E-state index contributed by atoms with van der Waals surface area (Å²) in [5.74, 6) is -0.607. The maximum Gasteiger partial charge on any atom is 0.159 e. The highest BCUT2D eigenvalue weighted by Gasteiger charge is 2.12. The molecule has 7 heteroatoms. The van der Waals surface area contributed by atoms with Crippen LogP contribution in [0.15, 0.2) is 42.7 Å². The van der Waals surface area contributed by atoms with Crippen LogP contribution in [0.4, 0.5) is 37.5 Å². The first kappa shape index (κ1) is 16.6. The lowest BCUT2D eigenvalue weighted by Crippen LogP contribution is -2.06. The van der Waals surface area contributed by atoms with Crippen LogP contribution in [0.5, 0.6) is 0 Å². The molecule has 128 valence electrons. The molecule has 0 fully saturated rings. The average Bonchev–Trinajstić information content (AvgIpc) is 2.58. The topological polar surface area (TPSA) is 75.9 Å². The third-order valence-corrected chi connectivity index (χ3v) is 3.71. The van der Waals surface area contributed by atoms with Crippen LogP contribution in [0.2, 0.25) is 0 Å². The largest absolute Gasteiger partial charge is 0.393 e. The first-order valence-corrected chi connectivity index (χ1v) is 7.61. The third-order valence-electron chi connectivity index (χ3n) is 3.71. The zero-order valence-electron chi connectivity index (χ0n) is 13.8. The number of nitrogens with zero attached hydrogens (tertiary/aromatic N) is 2. The van der Waals surface area contributed by atoms with Crippen molar-refractivity contribution in [2.45, 2.75) is 13.8 Å². The fourth-order valence-electron chi connectivity index (χ4n) is 2.31. The zero-order valence-corrected chi connectivity index (χ0v) is 13.8. The smallest absolute Gasteiger partial charge is 0.159 e. The molecule has 0 aliphatic heterocycles. The Balaban J connectivity index is 1.92. The average molecular weight is 341 g/mol. The van der Waals surface area contributed by atoms with E-state index in [4.69, 9.17) is 5.73 Å². The van der Waals surface area contributed by atoms with Crippen molar-refractivity contribution in [3.63, 3.8) is 0 Å². The van der Waals surface area contributed by atoms with E-state index >= 15 is 0 Å².